The van der Waals surface area contributed by atoms with Crippen LogP contribution in [0.3, 0.4) is 0 Å². The van der Waals surface area contributed by atoms with Crippen LogP contribution in [0.1, 0.15) is 32.6 Å². The molecule has 1 N–H and O–H groups in total. The van der Waals surface area contributed by atoms with E-state index in [4.69, 9.17) is 0 Å². The molecule has 0 radical (unpaired) electrons. The molecule has 0 bridgehead atoms. The molecule has 0 amide bonds. The number of hydrogen-bond acceptors (Lipinski definition) is 2. The lowest BCUT2D eigenvalue weighted by Gasteiger charge is -2.29. The molecule has 1 aliphatic carbocycles. The fourth-order valence-electron chi connectivity index (χ4n) is 2.59. The molecule has 3 heteroatoms. The summed E-state index contributed by atoms with van der Waals surface area (Å²) in [5.41, 5.74) is 0. The molecular formula is C15H22FNS. The summed E-state index contributed by atoms with van der Waals surface area (Å²) in [6.45, 7) is 3.35. The summed E-state index contributed by atoms with van der Waals surface area (Å²) in [4.78, 5) is 1.02. The number of rotatable bonds is 5. The van der Waals surface area contributed by atoms with Gasteiger partial charge in [0.15, 0.2) is 0 Å². The van der Waals surface area contributed by atoms with E-state index < -0.39 is 0 Å². The van der Waals surface area contributed by atoms with Crippen molar-refractivity contribution in [2.75, 3.05) is 12.3 Å². The highest BCUT2D eigenvalue weighted by Gasteiger charge is 2.19. The molecule has 0 aliphatic heterocycles. The summed E-state index contributed by atoms with van der Waals surface area (Å²) in [5, 5.41) is 3.64. The second-order valence-corrected chi connectivity index (χ2v) is 6.30. The second kappa shape index (κ2) is 7.15. The normalized spacial score (nSPS) is 24.1. The lowest BCUT2D eigenvalue weighted by atomic mass is 9.86. The monoisotopic (exact) mass is 267 g/mol. The smallest absolute Gasteiger partial charge is 0.124 e. The van der Waals surface area contributed by atoms with Gasteiger partial charge in [0.1, 0.15) is 5.82 Å². The van der Waals surface area contributed by atoms with Crippen LogP contribution in [0.5, 0.6) is 0 Å². The topological polar surface area (TPSA) is 12.0 Å². The highest BCUT2D eigenvalue weighted by atomic mass is 32.2. The highest BCUT2D eigenvalue weighted by Crippen LogP contribution is 2.24. The molecule has 1 nitrogen and oxygen atoms in total. The average Bonchev–Trinajstić information content (AvgIpc) is 2.37. The number of benzene rings is 1. The van der Waals surface area contributed by atoms with Crippen molar-refractivity contribution < 1.29 is 4.39 Å². The molecular weight excluding hydrogens is 245 g/mol. The Bertz CT molecular complexity index is 369. The highest BCUT2D eigenvalue weighted by molar-refractivity contribution is 7.99. The molecule has 2 atom stereocenters. The minimum atomic E-state index is -0.145. The van der Waals surface area contributed by atoms with Gasteiger partial charge in [-0.1, -0.05) is 25.8 Å². The van der Waals surface area contributed by atoms with E-state index in [9.17, 15) is 4.39 Å². The van der Waals surface area contributed by atoms with Crippen molar-refractivity contribution in [1.29, 1.82) is 0 Å². The van der Waals surface area contributed by atoms with Gasteiger partial charge in [0.05, 0.1) is 0 Å². The molecule has 1 aromatic carbocycles. The first-order chi connectivity index (χ1) is 8.75. The van der Waals surface area contributed by atoms with Crippen LogP contribution >= 0.6 is 11.8 Å². The van der Waals surface area contributed by atoms with Crippen molar-refractivity contribution in [2.45, 2.75) is 43.5 Å². The van der Waals surface area contributed by atoms with Crippen molar-refractivity contribution in [3.63, 3.8) is 0 Å². The predicted octanol–water partition coefficient (Wildman–Crippen LogP) is 4.09. The quantitative estimate of drug-likeness (QED) is 0.637. The van der Waals surface area contributed by atoms with Crippen LogP contribution in [0.2, 0.25) is 0 Å². The van der Waals surface area contributed by atoms with Crippen LogP contribution in [-0.4, -0.2) is 18.3 Å². The van der Waals surface area contributed by atoms with Gasteiger partial charge in [0.25, 0.3) is 0 Å². The summed E-state index contributed by atoms with van der Waals surface area (Å²) in [6.07, 6.45) is 5.41. The van der Waals surface area contributed by atoms with E-state index in [0.717, 1.165) is 23.1 Å². The Kier molecular flexibility index (Phi) is 5.51. The second-order valence-electron chi connectivity index (χ2n) is 5.13. The van der Waals surface area contributed by atoms with Crippen LogP contribution in [0.4, 0.5) is 4.39 Å². The Balaban J connectivity index is 1.66. The van der Waals surface area contributed by atoms with Crippen LogP contribution in [0, 0.1) is 11.7 Å². The number of halogens is 1. The van der Waals surface area contributed by atoms with Crippen LogP contribution < -0.4 is 5.32 Å². The maximum absolute atomic E-state index is 13.0. The summed E-state index contributed by atoms with van der Waals surface area (Å²) >= 11 is 1.72. The lowest BCUT2D eigenvalue weighted by molar-refractivity contribution is 0.285. The average molecular weight is 267 g/mol. The number of thioether (sulfide) groups is 1. The number of nitrogens with one attached hydrogen (secondary N) is 1. The maximum atomic E-state index is 13.0. The van der Waals surface area contributed by atoms with Gasteiger partial charge in [-0.05, 0) is 37.0 Å². The SMILES string of the molecule is CC1CCCCC1NCCSc1cccc(F)c1. The van der Waals surface area contributed by atoms with Gasteiger partial charge in [0.2, 0.25) is 0 Å². The van der Waals surface area contributed by atoms with Gasteiger partial charge in [-0.2, -0.15) is 0 Å². The van der Waals surface area contributed by atoms with E-state index in [2.05, 4.69) is 12.2 Å². The van der Waals surface area contributed by atoms with Gasteiger partial charge in [-0.3, -0.25) is 0 Å². The summed E-state index contributed by atoms with van der Waals surface area (Å²) in [6, 6.07) is 7.53. The summed E-state index contributed by atoms with van der Waals surface area (Å²) < 4.78 is 13.0. The Morgan fingerprint density at radius 1 is 1.33 bits per heavy atom. The van der Waals surface area contributed by atoms with Crippen LogP contribution in [-0.2, 0) is 0 Å². The Morgan fingerprint density at radius 2 is 2.17 bits per heavy atom. The molecule has 0 saturated heterocycles. The van der Waals surface area contributed by atoms with Gasteiger partial charge in [0, 0.05) is 23.2 Å². The van der Waals surface area contributed by atoms with Gasteiger partial charge in [-0.15, -0.1) is 11.8 Å². The molecule has 1 aromatic rings. The molecule has 2 rings (SSSR count). The molecule has 1 saturated carbocycles. The minimum Gasteiger partial charge on any atom is -0.313 e. The van der Waals surface area contributed by atoms with Crippen molar-refractivity contribution in [3.05, 3.63) is 30.1 Å². The molecule has 0 heterocycles. The van der Waals surface area contributed by atoms with Crippen molar-refractivity contribution >= 4 is 11.8 Å². The van der Waals surface area contributed by atoms with E-state index in [1.165, 1.54) is 31.7 Å². The minimum absolute atomic E-state index is 0.145. The molecule has 1 aliphatic rings. The van der Waals surface area contributed by atoms with E-state index in [1.54, 1.807) is 23.9 Å². The molecule has 0 spiro atoms. The third-order valence-corrected chi connectivity index (χ3v) is 4.68. The summed E-state index contributed by atoms with van der Waals surface area (Å²) in [5.74, 6) is 1.67. The standard InChI is InChI=1S/C15H22FNS/c1-12-5-2-3-8-15(12)17-9-10-18-14-7-4-6-13(16)11-14/h4,6-7,11-12,15,17H,2-3,5,8-10H2,1H3. The zero-order valence-corrected chi connectivity index (χ0v) is 11.8. The van der Waals surface area contributed by atoms with Crippen LogP contribution in [0.25, 0.3) is 0 Å². The van der Waals surface area contributed by atoms with Crippen molar-refractivity contribution in [1.82, 2.24) is 5.32 Å². The fourth-order valence-corrected chi connectivity index (χ4v) is 3.42. The molecule has 100 valence electrons. The Hall–Kier alpha value is -0.540. The molecule has 18 heavy (non-hydrogen) atoms. The largest absolute Gasteiger partial charge is 0.313 e. The first-order valence-electron chi connectivity index (χ1n) is 6.87. The zero-order valence-electron chi connectivity index (χ0n) is 11.0. The van der Waals surface area contributed by atoms with Gasteiger partial charge in [-0.25, -0.2) is 4.39 Å². The van der Waals surface area contributed by atoms with E-state index in [0.29, 0.717) is 6.04 Å². The van der Waals surface area contributed by atoms with E-state index >= 15 is 0 Å². The first kappa shape index (κ1) is 13.9. The first-order valence-corrected chi connectivity index (χ1v) is 7.86. The third-order valence-electron chi connectivity index (χ3n) is 3.68. The van der Waals surface area contributed by atoms with Crippen LogP contribution in [0.15, 0.2) is 29.2 Å². The molecule has 1 fully saturated rings. The molecule has 0 aromatic heterocycles. The lowest BCUT2D eigenvalue weighted by Crippen LogP contribution is -2.38. The zero-order chi connectivity index (χ0) is 12.8. The fraction of sp³-hybridized carbons (Fsp3) is 0.600. The van der Waals surface area contributed by atoms with Crippen molar-refractivity contribution in [3.8, 4) is 0 Å². The maximum Gasteiger partial charge on any atom is 0.124 e. The summed E-state index contributed by atoms with van der Waals surface area (Å²) in [7, 11) is 0. The van der Waals surface area contributed by atoms with Gasteiger partial charge >= 0.3 is 0 Å². The third kappa shape index (κ3) is 4.29. The van der Waals surface area contributed by atoms with E-state index in [1.807, 2.05) is 6.07 Å². The van der Waals surface area contributed by atoms with Gasteiger partial charge < -0.3 is 5.32 Å². The van der Waals surface area contributed by atoms with E-state index in [-0.39, 0.29) is 5.82 Å². The predicted molar refractivity (Wildman–Crippen MR) is 76.5 cm³/mol. The van der Waals surface area contributed by atoms with Crippen molar-refractivity contribution in [2.24, 2.45) is 5.92 Å². The molecule has 2 unspecified atom stereocenters. The Morgan fingerprint density at radius 3 is 2.94 bits per heavy atom. The number of hydrogen-bond donors (Lipinski definition) is 1. The Labute approximate surface area is 114 Å².